The number of fused-ring (bicyclic) bond motifs is 1. The van der Waals surface area contributed by atoms with Crippen LogP contribution >= 0.6 is 24.0 Å². The summed E-state index contributed by atoms with van der Waals surface area (Å²) in [7, 11) is 1.56. The maximum absolute atomic E-state index is 13.5. The van der Waals surface area contributed by atoms with Crippen molar-refractivity contribution in [1.82, 2.24) is 9.47 Å². The molecule has 0 atom stereocenters. The molecular formula is C28H21N3O7S2. The van der Waals surface area contributed by atoms with Crippen molar-refractivity contribution in [2.24, 2.45) is 0 Å². The predicted molar refractivity (Wildman–Crippen MR) is 151 cm³/mol. The molecule has 12 heteroatoms. The van der Waals surface area contributed by atoms with E-state index in [9.17, 15) is 24.8 Å². The lowest BCUT2D eigenvalue weighted by atomic mass is 10.0. The first-order valence-electron chi connectivity index (χ1n) is 11.9. The third kappa shape index (κ3) is 4.92. The van der Waals surface area contributed by atoms with Crippen molar-refractivity contribution in [3.8, 4) is 29.2 Å². The highest BCUT2D eigenvalue weighted by atomic mass is 32.2. The first-order valence-corrected chi connectivity index (χ1v) is 13.1. The van der Waals surface area contributed by atoms with Gasteiger partial charge in [-0.15, -0.1) is 0 Å². The van der Waals surface area contributed by atoms with E-state index < -0.39 is 29.7 Å². The number of ether oxygens (including phenoxy) is 3. The molecule has 1 saturated heterocycles. The van der Waals surface area contributed by atoms with Crippen molar-refractivity contribution in [3.05, 3.63) is 85.5 Å². The smallest absolute Gasteiger partial charge is 0.271 e. The molecule has 40 heavy (non-hydrogen) atoms. The van der Waals surface area contributed by atoms with Crippen LogP contribution in [0.1, 0.15) is 32.6 Å². The van der Waals surface area contributed by atoms with Gasteiger partial charge in [-0.3, -0.25) is 23.9 Å². The van der Waals surface area contributed by atoms with Gasteiger partial charge in [-0.1, -0.05) is 42.2 Å². The van der Waals surface area contributed by atoms with E-state index >= 15 is 0 Å². The molecule has 1 aromatic heterocycles. The molecular weight excluding hydrogens is 554 g/mol. The number of nitriles is 1. The van der Waals surface area contributed by atoms with Crippen molar-refractivity contribution < 1.29 is 28.9 Å². The fourth-order valence-corrected chi connectivity index (χ4v) is 5.62. The minimum absolute atomic E-state index is 0.0242. The maximum atomic E-state index is 13.5. The molecule has 1 amide bonds. The number of amides is 1. The summed E-state index contributed by atoms with van der Waals surface area (Å²) in [5, 5.41) is 20.8. The lowest BCUT2D eigenvalue weighted by Gasteiger charge is -2.18. The molecule has 0 spiro atoms. The standard InChI is InChI=1S/C28H21N3O7S2/c1-15-19(11-29)25(33)30(12-17-5-8-21-22(9-17)38-14-37-21)27(35)24(15)20(32)13-31-26(34)23(40-28(31)39)10-16-3-6-18(36-2)7-4-16/h3-10,35H,12-14H2,1-2H3/b23-10-. The molecule has 2 aliphatic rings. The summed E-state index contributed by atoms with van der Waals surface area (Å²) in [5.41, 5.74) is 0.0800. The highest BCUT2D eigenvalue weighted by Crippen LogP contribution is 2.35. The molecule has 10 nitrogen and oxygen atoms in total. The molecule has 5 rings (SSSR count). The summed E-state index contributed by atoms with van der Waals surface area (Å²) >= 11 is 6.42. The van der Waals surface area contributed by atoms with E-state index in [1.165, 1.54) is 6.92 Å². The SMILES string of the molecule is COc1ccc(/C=C2\SC(=S)N(CC(=O)c3c(C)c(C#N)c(=O)n(Cc4ccc5c(c4)OCO5)c3O)C2=O)cc1. The van der Waals surface area contributed by atoms with Crippen LogP contribution in [0.4, 0.5) is 0 Å². The number of ketones is 1. The highest BCUT2D eigenvalue weighted by Gasteiger charge is 2.35. The largest absolute Gasteiger partial charge is 0.497 e. The van der Waals surface area contributed by atoms with Crippen LogP contribution in [0.15, 0.2) is 52.2 Å². The average Bonchev–Trinajstić information content (AvgIpc) is 3.51. The van der Waals surface area contributed by atoms with Gasteiger partial charge in [0.1, 0.15) is 21.7 Å². The van der Waals surface area contributed by atoms with Gasteiger partial charge >= 0.3 is 0 Å². The highest BCUT2D eigenvalue weighted by molar-refractivity contribution is 8.26. The fraction of sp³-hybridized carbons (Fsp3) is 0.179. The van der Waals surface area contributed by atoms with Crippen LogP contribution in [0.2, 0.25) is 0 Å². The second-order valence-electron chi connectivity index (χ2n) is 8.85. The number of rotatable bonds is 7. The lowest BCUT2D eigenvalue weighted by Crippen LogP contribution is -2.35. The molecule has 1 N–H and O–H groups in total. The lowest BCUT2D eigenvalue weighted by molar-refractivity contribution is -0.121. The molecule has 0 bridgehead atoms. The van der Waals surface area contributed by atoms with Crippen LogP contribution in [0.3, 0.4) is 0 Å². The summed E-state index contributed by atoms with van der Waals surface area (Å²) < 4.78 is 16.9. The van der Waals surface area contributed by atoms with Gasteiger partial charge in [-0.25, -0.2) is 0 Å². The normalized spacial score (nSPS) is 15.0. The number of carbonyl (C=O) groups excluding carboxylic acids is 2. The van der Waals surface area contributed by atoms with Crippen LogP contribution < -0.4 is 19.8 Å². The van der Waals surface area contributed by atoms with E-state index in [-0.39, 0.29) is 34.3 Å². The van der Waals surface area contributed by atoms with Gasteiger partial charge in [0, 0.05) is 0 Å². The number of hydrogen-bond acceptors (Lipinski definition) is 10. The van der Waals surface area contributed by atoms with E-state index in [4.69, 9.17) is 26.4 Å². The summed E-state index contributed by atoms with van der Waals surface area (Å²) in [6, 6.07) is 13.9. The number of benzene rings is 2. The second kappa shape index (κ2) is 10.9. The fourth-order valence-electron chi connectivity index (χ4n) is 4.36. The van der Waals surface area contributed by atoms with E-state index in [2.05, 4.69) is 0 Å². The number of methoxy groups -OCH3 is 1. The van der Waals surface area contributed by atoms with Gasteiger partial charge in [0.25, 0.3) is 11.5 Å². The van der Waals surface area contributed by atoms with E-state index in [1.807, 2.05) is 6.07 Å². The number of carbonyl (C=O) groups is 2. The Balaban J connectivity index is 1.44. The Kier molecular flexibility index (Phi) is 7.34. The molecule has 3 heterocycles. The van der Waals surface area contributed by atoms with E-state index in [0.29, 0.717) is 27.7 Å². The van der Waals surface area contributed by atoms with Crippen LogP contribution in [0.5, 0.6) is 23.1 Å². The van der Waals surface area contributed by atoms with Crippen LogP contribution in [-0.2, 0) is 11.3 Å². The molecule has 0 unspecified atom stereocenters. The number of aromatic nitrogens is 1. The first kappa shape index (κ1) is 27.0. The monoisotopic (exact) mass is 575 g/mol. The molecule has 1 fully saturated rings. The predicted octanol–water partition coefficient (Wildman–Crippen LogP) is 3.60. The van der Waals surface area contributed by atoms with Gasteiger partial charge in [0.05, 0.1) is 30.7 Å². The maximum Gasteiger partial charge on any atom is 0.271 e. The van der Waals surface area contributed by atoms with Gasteiger partial charge in [0.15, 0.2) is 17.3 Å². The van der Waals surface area contributed by atoms with E-state index in [0.717, 1.165) is 26.8 Å². The zero-order valence-corrected chi connectivity index (χ0v) is 22.9. The van der Waals surface area contributed by atoms with Gasteiger partial charge in [-0.05, 0) is 54.0 Å². The number of hydrogen-bond donors (Lipinski definition) is 1. The Morgan fingerprint density at radius 3 is 2.62 bits per heavy atom. The van der Waals surface area contributed by atoms with Crippen molar-refractivity contribution in [2.45, 2.75) is 13.5 Å². The molecule has 2 aromatic carbocycles. The Morgan fingerprint density at radius 1 is 1.20 bits per heavy atom. The third-order valence-electron chi connectivity index (χ3n) is 6.45. The van der Waals surface area contributed by atoms with Crippen molar-refractivity contribution >= 4 is 46.1 Å². The van der Waals surface area contributed by atoms with E-state index in [1.54, 1.807) is 55.7 Å². The number of aromatic hydroxyl groups is 1. The zero-order chi connectivity index (χ0) is 28.6. The summed E-state index contributed by atoms with van der Waals surface area (Å²) in [5.74, 6) is -0.0581. The molecule has 0 saturated carbocycles. The average molecular weight is 576 g/mol. The number of nitrogens with zero attached hydrogens (tertiary/aromatic N) is 3. The molecule has 202 valence electrons. The summed E-state index contributed by atoms with van der Waals surface area (Å²) in [6.07, 6.45) is 1.66. The Hall–Kier alpha value is -4.60. The minimum Gasteiger partial charge on any atom is -0.497 e. The summed E-state index contributed by atoms with van der Waals surface area (Å²) in [4.78, 5) is 41.2. The number of Topliss-reactive ketones (excluding diaryl/α,β-unsaturated/α-hetero) is 1. The Bertz CT molecular complexity index is 1700. The van der Waals surface area contributed by atoms with Crippen molar-refractivity contribution in [1.29, 1.82) is 5.26 Å². The quantitative estimate of drug-likeness (QED) is 0.253. The van der Waals surface area contributed by atoms with Gasteiger partial charge in [-0.2, -0.15) is 5.26 Å². The molecule has 2 aliphatic heterocycles. The first-order chi connectivity index (χ1) is 19.2. The molecule has 3 aromatic rings. The van der Waals surface area contributed by atoms with Crippen LogP contribution in [-0.4, -0.2) is 51.0 Å². The molecule has 0 radical (unpaired) electrons. The molecule has 0 aliphatic carbocycles. The van der Waals surface area contributed by atoms with Crippen molar-refractivity contribution in [3.63, 3.8) is 0 Å². The van der Waals surface area contributed by atoms with Gasteiger partial charge < -0.3 is 19.3 Å². The third-order valence-corrected chi connectivity index (χ3v) is 7.82. The Morgan fingerprint density at radius 2 is 1.93 bits per heavy atom. The zero-order valence-electron chi connectivity index (χ0n) is 21.3. The topological polar surface area (TPSA) is 131 Å². The number of thioether (sulfide) groups is 1. The van der Waals surface area contributed by atoms with Crippen LogP contribution in [0.25, 0.3) is 6.08 Å². The van der Waals surface area contributed by atoms with Crippen LogP contribution in [0, 0.1) is 18.3 Å². The number of thiocarbonyl (C=S) groups is 1. The number of pyridine rings is 1. The van der Waals surface area contributed by atoms with Crippen molar-refractivity contribution in [2.75, 3.05) is 20.4 Å². The summed E-state index contributed by atoms with van der Waals surface area (Å²) in [6.45, 7) is 0.859. The minimum atomic E-state index is -0.750. The van der Waals surface area contributed by atoms with Gasteiger partial charge in [0.2, 0.25) is 12.7 Å². The Labute approximate surface area is 238 Å². The second-order valence-corrected chi connectivity index (χ2v) is 10.5.